The van der Waals surface area contributed by atoms with Gasteiger partial charge in [0, 0.05) is 50.7 Å². The van der Waals surface area contributed by atoms with Gasteiger partial charge in [-0.15, -0.1) is 0 Å². The summed E-state index contributed by atoms with van der Waals surface area (Å²) in [4.78, 5) is 48.9. The fraction of sp³-hybridized carbons (Fsp3) is 0.407. The summed E-state index contributed by atoms with van der Waals surface area (Å²) in [5, 5.41) is 0.220. The minimum absolute atomic E-state index is 0.0238. The molecule has 1 atom stereocenters. The number of carbonyl (C=O) groups is 2. The van der Waals surface area contributed by atoms with E-state index in [0.717, 1.165) is 0 Å². The summed E-state index contributed by atoms with van der Waals surface area (Å²) in [5.74, 6) is -0.117. The molecule has 1 aliphatic heterocycles. The molecule has 1 aromatic heterocycles. The van der Waals surface area contributed by atoms with Gasteiger partial charge in [0.1, 0.15) is 11.6 Å². The number of rotatable bonds is 9. The van der Waals surface area contributed by atoms with Gasteiger partial charge < -0.3 is 14.8 Å². The van der Waals surface area contributed by atoms with Gasteiger partial charge in [0.05, 0.1) is 10.9 Å². The Morgan fingerprint density at radius 1 is 1.31 bits per heavy atom. The van der Waals surface area contributed by atoms with Crippen LogP contribution in [0.4, 0.5) is 4.39 Å². The molecule has 8 heteroatoms. The SMILES string of the molecule is C=C/C(=C\N(C)C=C)C(=O)C1CCN(C(=O)C[C@H](C)Cc2nc3c(C)cc(F)cc3c(=O)[nH]2)CC1. The van der Waals surface area contributed by atoms with Crippen LogP contribution in [0.1, 0.15) is 37.6 Å². The Labute approximate surface area is 205 Å². The van der Waals surface area contributed by atoms with Crippen LogP contribution in [0.3, 0.4) is 0 Å². The number of halogens is 1. The Balaban J connectivity index is 1.58. The Hall–Kier alpha value is -3.55. The molecule has 7 nitrogen and oxygen atoms in total. The van der Waals surface area contributed by atoms with Crippen molar-refractivity contribution in [2.24, 2.45) is 11.8 Å². The van der Waals surface area contributed by atoms with Crippen LogP contribution < -0.4 is 5.56 Å². The molecular weight excluding hydrogens is 447 g/mol. The van der Waals surface area contributed by atoms with Gasteiger partial charge in [0.15, 0.2) is 5.78 Å². The van der Waals surface area contributed by atoms with E-state index in [2.05, 4.69) is 23.1 Å². The minimum atomic E-state index is -0.472. The first-order chi connectivity index (χ1) is 16.6. The highest BCUT2D eigenvalue weighted by Crippen LogP contribution is 2.24. The van der Waals surface area contributed by atoms with Crippen LogP contribution in [0.15, 0.2) is 54.1 Å². The average molecular weight is 481 g/mol. The summed E-state index contributed by atoms with van der Waals surface area (Å²) in [7, 11) is 1.80. The van der Waals surface area contributed by atoms with E-state index in [4.69, 9.17) is 0 Å². The van der Waals surface area contributed by atoms with Crippen LogP contribution in [0.25, 0.3) is 10.9 Å². The highest BCUT2D eigenvalue weighted by molar-refractivity contribution is 5.99. The van der Waals surface area contributed by atoms with E-state index in [0.29, 0.717) is 61.3 Å². The number of likely N-dealkylation sites (tertiary alicyclic amines) is 1. The number of nitrogens with one attached hydrogen (secondary N) is 1. The minimum Gasteiger partial charge on any atom is -0.357 e. The summed E-state index contributed by atoms with van der Waals surface area (Å²) in [6, 6.07) is 2.54. The number of aryl methyl sites for hydroxylation is 1. The number of amides is 1. The molecule has 1 saturated heterocycles. The quantitative estimate of drug-likeness (QED) is 0.435. The van der Waals surface area contributed by atoms with Crippen LogP contribution in [0.5, 0.6) is 0 Å². The van der Waals surface area contributed by atoms with Gasteiger partial charge in [-0.1, -0.05) is 26.2 Å². The molecule has 35 heavy (non-hydrogen) atoms. The number of hydrogen-bond donors (Lipinski definition) is 1. The lowest BCUT2D eigenvalue weighted by atomic mass is 9.88. The molecule has 2 aromatic rings. The van der Waals surface area contributed by atoms with E-state index < -0.39 is 5.82 Å². The zero-order valence-electron chi connectivity index (χ0n) is 20.6. The van der Waals surface area contributed by atoms with Crippen molar-refractivity contribution in [2.45, 2.75) is 39.5 Å². The molecule has 1 aliphatic rings. The maximum Gasteiger partial charge on any atom is 0.258 e. The van der Waals surface area contributed by atoms with Crippen molar-refractivity contribution in [3.8, 4) is 0 Å². The molecule has 186 valence electrons. The third kappa shape index (κ3) is 6.32. The number of Topliss-reactive ketones (excluding diaryl/α,β-unsaturated/α-hetero) is 1. The van der Waals surface area contributed by atoms with Crippen molar-refractivity contribution in [2.75, 3.05) is 20.1 Å². The van der Waals surface area contributed by atoms with Crippen molar-refractivity contribution in [1.82, 2.24) is 19.8 Å². The lowest BCUT2D eigenvalue weighted by molar-refractivity contribution is -0.135. The number of benzene rings is 1. The van der Waals surface area contributed by atoms with E-state index in [1.165, 1.54) is 12.1 Å². The van der Waals surface area contributed by atoms with Gasteiger partial charge in [0.25, 0.3) is 5.56 Å². The number of hydrogen-bond acceptors (Lipinski definition) is 5. The van der Waals surface area contributed by atoms with Crippen LogP contribution in [0.2, 0.25) is 0 Å². The first-order valence-corrected chi connectivity index (χ1v) is 11.8. The largest absolute Gasteiger partial charge is 0.357 e. The number of nitrogens with zero attached hydrogens (tertiary/aromatic N) is 3. The normalized spacial score (nSPS) is 15.7. The van der Waals surface area contributed by atoms with Gasteiger partial charge in [-0.05, 0) is 49.6 Å². The van der Waals surface area contributed by atoms with E-state index in [1.54, 1.807) is 42.2 Å². The third-order valence-corrected chi connectivity index (χ3v) is 6.43. The van der Waals surface area contributed by atoms with Crippen LogP contribution >= 0.6 is 0 Å². The topological polar surface area (TPSA) is 86.4 Å². The number of aromatic nitrogens is 2. The van der Waals surface area contributed by atoms with Crippen molar-refractivity contribution in [3.05, 3.63) is 76.9 Å². The molecule has 0 spiro atoms. The lowest BCUT2D eigenvalue weighted by Gasteiger charge is -2.32. The maximum atomic E-state index is 13.6. The van der Waals surface area contributed by atoms with Gasteiger partial charge >= 0.3 is 0 Å². The zero-order valence-corrected chi connectivity index (χ0v) is 20.6. The monoisotopic (exact) mass is 480 g/mol. The molecule has 0 aliphatic carbocycles. The molecule has 3 rings (SSSR count). The van der Waals surface area contributed by atoms with Gasteiger partial charge in [-0.25, -0.2) is 9.37 Å². The lowest BCUT2D eigenvalue weighted by Crippen LogP contribution is -2.41. The Morgan fingerprint density at radius 3 is 2.63 bits per heavy atom. The number of ketones is 1. The molecule has 0 saturated carbocycles. The number of piperidine rings is 1. The predicted octanol–water partition coefficient (Wildman–Crippen LogP) is 3.89. The fourth-order valence-corrected chi connectivity index (χ4v) is 4.46. The van der Waals surface area contributed by atoms with Gasteiger partial charge in [-0.2, -0.15) is 0 Å². The van der Waals surface area contributed by atoms with Crippen LogP contribution in [-0.4, -0.2) is 51.6 Å². The van der Waals surface area contributed by atoms with Crippen molar-refractivity contribution < 1.29 is 14.0 Å². The second kappa shape index (κ2) is 11.3. The molecule has 0 unspecified atom stereocenters. The molecule has 0 bridgehead atoms. The summed E-state index contributed by atoms with van der Waals surface area (Å²) >= 11 is 0. The van der Waals surface area contributed by atoms with E-state index in [9.17, 15) is 18.8 Å². The summed E-state index contributed by atoms with van der Waals surface area (Å²) < 4.78 is 13.6. The average Bonchev–Trinajstić information content (AvgIpc) is 2.82. The fourth-order valence-electron chi connectivity index (χ4n) is 4.46. The van der Waals surface area contributed by atoms with Crippen molar-refractivity contribution in [3.63, 3.8) is 0 Å². The summed E-state index contributed by atoms with van der Waals surface area (Å²) in [6.45, 7) is 12.1. The van der Waals surface area contributed by atoms with Crippen LogP contribution in [0, 0.1) is 24.6 Å². The van der Waals surface area contributed by atoms with Gasteiger partial charge in [0.2, 0.25) is 5.91 Å². The van der Waals surface area contributed by atoms with Crippen molar-refractivity contribution in [1.29, 1.82) is 0 Å². The third-order valence-electron chi connectivity index (χ3n) is 6.43. The number of allylic oxidation sites excluding steroid dienone is 2. The first-order valence-electron chi connectivity index (χ1n) is 11.8. The first kappa shape index (κ1) is 26.1. The molecular formula is C27H33FN4O3. The van der Waals surface area contributed by atoms with E-state index >= 15 is 0 Å². The van der Waals surface area contributed by atoms with Gasteiger partial charge in [-0.3, -0.25) is 14.4 Å². The van der Waals surface area contributed by atoms with E-state index in [1.807, 2.05) is 6.92 Å². The predicted molar refractivity (Wildman–Crippen MR) is 135 cm³/mol. The summed E-state index contributed by atoms with van der Waals surface area (Å²) in [5.41, 5.74) is 1.23. The Kier molecular flexibility index (Phi) is 8.38. The number of aromatic amines is 1. The number of H-pyrrole nitrogens is 1. The second-order valence-electron chi connectivity index (χ2n) is 9.30. The number of fused-ring (bicyclic) bond motifs is 1. The van der Waals surface area contributed by atoms with E-state index in [-0.39, 0.29) is 34.5 Å². The molecule has 1 amide bonds. The Bertz CT molecular complexity index is 1220. The van der Waals surface area contributed by atoms with Crippen LogP contribution in [-0.2, 0) is 16.0 Å². The van der Waals surface area contributed by atoms with Crippen molar-refractivity contribution >= 4 is 22.6 Å². The highest BCUT2D eigenvalue weighted by Gasteiger charge is 2.29. The molecule has 1 fully saturated rings. The maximum absolute atomic E-state index is 13.6. The molecule has 1 aromatic carbocycles. The highest BCUT2D eigenvalue weighted by atomic mass is 19.1. The molecule has 1 N–H and O–H groups in total. The Morgan fingerprint density at radius 2 is 2.00 bits per heavy atom. The zero-order chi connectivity index (χ0) is 25.7. The smallest absolute Gasteiger partial charge is 0.258 e. The number of carbonyl (C=O) groups excluding carboxylic acids is 2. The standard InChI is InChI=1S/C27H33FN4O3/c1-6-19(16-31(5)7-2)26(34)20-8-10-32(11-9-20)24(33)13-17(3)12-23-29-25-18(4)14-21(28)15-22(25)27(35)30-23/h6-7,14-17,20H,1-2,8-13H2,3-5H3,(H,29,30,35)/b19-16+/t17-/m1/s1. The molecule has 2 heterocycles. The summed E-state index contributed by atoms with van der Waals surface area (Å²) in [6.07, 6.45) is 6.84. The second-order valence-corrected chi connectivity index (χ2v) is 9.30. The molecule has 0 radical (unpaired) electrons.